The first-order valence-electron chi connectivity index (χ1n) is 8.18. The van der Waals surface area contributed by atoms with Gasteiger partial charge in [0.1, 0.15) is 0 Å². The van der Waals surface area contributed by atoms with E-state index in [-0.39, 0.29) is 23.9 Å². The number of carbonyl (C=O) groups is 1. The van der Waals surface area contributed by atoms with E-state index in [1.165, 1.54) is 6.26 Å². The lowest BCUT2D eigenvalue weighted by molar-refractivity contribution is 0.156. The van der Waals surface area contributed by atoms with Crippen LogP contribution in [0.5, 0.6) is 0 Å². The summed E-state index contributed by atoms with van der Waals surface area (Å²) in [4.78, 5) is 16.2. The van der Waals surface area contributed by atoms with Crippen molar-refractivity contribution in [2.75, 3.05) is 40.0 Å². The number of carbonyl (C=O) groups excluding carboxylic acids is 1. The smallest absolute Gasteiger partial charge is 0.320 e. The average Bonchev–Trinajstić information content (AvgIpc) is 3.04. The Hall–Kier alpha value is -1.60. The van der Waals surface area contributed by atoms with Gasteiger partial charge in [0.2, 0.25) is 10.0 Å². The summed E-state index contributed by atoms with van der Waals surface area (Å²) in [5.74, 6) is 0.331. The largest absolute Gasteiger partial charge is 0.331 e. The Morgan fingerprint density at radius 2 is 1.83 bits per heavy atom. The zero-order valence-corrected chi connectivity index (χ0v) is 15.5. The molecular weight excluding hydrogens is 326 g/mol. The summed E-state index contributed by atoms with van der Waals surface area (Å²) >= 11 is 0. The highest BCUT2D eigenvalue weighted by atomic mass is 32.2. The molecule has 2 heterocycles. The molecule has 2 aliphatic heterocycles. The highest BCUT2D eigenvalue weighted by Crippen LogP contribution is 2.46. The second-order valence-corrected chi connectivity index (χ2v) is 9.12. The first-order valence-corrected chi connectivity index (χ1v) is 10.0. The third-order valence-electron chi connectivity index (χ3n) is 5.24. The number of amides is 2. The second kappa shape index (κ2) is 6.04. The number of urea groups is 1. The highest BCUT2D eigenvalue weighted by Gasteiger charge is 2.51. The van der Waals surface area contributed by atoms with E-state index in [0.29, 0.717) is 19.6 Å². The Morgan fingerprint density at radius 3 is 2.42 bits per heavy atom. The maximum Gasteiger partial charge on any atom is 0.320 e. The third kappa shape index (κ3) is 2.91. The summed E-state index contributed by atoms with van der Waals surface area (Å²) in [5.41, 5.74) is 2.26. The number of fused-ring (bicyclic) bond motifs is 1. The number of rotatable bonds is 2. The van der Waals surface area contributed by atoms with Crippen molar-refractivity contribution < 1.29 is 13.2 Å². The SMILES string of the molecule is Cc1ccccc1[C@H]1[C@@H]2CN(S(C)(=O)=O)C[C@@H]2CN1C(=O)N(C)C. The molecule has 1 aromatic rings. The number of nitrogens with zero attached hydrogens (tertiary/aromatic N) is 3. The number of hydrogen-bond acceptors (Lipinski definition) is 3. The van der Waals surface area contributed by atoms with Gasteiger partial charge in [0.15, 0.2) is 0 Å². The van der Waals surface area contributed by atoms with Crippen LogP contribution < -0.4 is 0 Å². The minimum absolute atomic E-state index is 0.0106. The van der Waals surface area contributed by atoms with Crippen molar-refractivity contribution >= 4 is 16.1 Å². The van der Waals surface area contributed by atoms with Crippen molar-refractivity contribution in [2.45, 2.75) is 13.0 Å². The fourth-order valence-corrected chi connectivity index (χ4v) is 4.95. The molecular formula is C17H25N3O3S. The van der Waals surface area contributed by atoms with E-state index in [4.69, 9.17) is 0 Å². The highest BCUT2D eigenvalue weighted by molar-refractivity contribution is 7.88. The minimum atomic E-state index is -3.19. The second-order valence-electron chi connectivity index (χ2n) is 7.13. The molecule has 6 nitrogen and oxygen atoms in total. The molecule has 1 aromatic carbocycles. The van der Waals surface area contributed by atoms with Crippen LogP contribution in [0.3, 0.4) is 0 Å². The zero-order valence-electron chi connectivity index (χ0n) is 14.6. The van der Waals surface area contributed by atoms with Gasteiger partial charge in [-0.25, -0.2) is 17.5 Å². The summed E-state index contributed by atoms with van der Waals surface area (Å²) < 4.78 is 25.4. The molecule has 7 heteroatoms. The number of likely N-dealkylation sites (tertiary alicyclic amines) is 1. The summed E-state index contributed by atoms with van der Waals surface area (Å²) in [6.07, 6.45) is 1.26. The van der Waals surface area contributed by atoms with E-state index in [2.05, 4.69) is 6.07 Å². The van der Waals surface area contributed by atoms with Gasteiger partial charge in [0.25, 0.3) is 0 Å². The lowest BCUT2D eigenvalue weighted by Crippen LogP contribution is -2.42. The van der Waals surface area contributed by atoms with Crippen molar-refractivity contribution in [3.05, 3.63) is 35.4 Å². The van der Waals surface area contributed by atoms with E-state index in [1.54, 1.807) is 23.3 Å². The molecule has 3 atom stereocenters. The van der Waals surface area contributed by atoms with Gasteiger partial charge in [-0.2, -0.15) is 0 Å². The molecule has 3 rings (SSSR count). The van der Waals surface area contributed by atoms with Crippen LogP contribution in [0.15, 0.2) is 24.3 Å². The topological polar surface area (TPSA) is 60.9 Å². The maximum absolute atomic E-state index is 12.7. The number of sulfonamides is 1. The Bertz CT molecular complexity index is 747. The molecule has 0 radical (unpaired) electrons. The third-order valence-corrected chi connectivity index (χ3v) is 6.47. The van der Waals surface area contributed by atoms with Crippen LogP contribution in [0.4, 0.5) is 4.79 Å². The van der Waals surface area contributed by atoms with Crippen molar-refractivity contribution in [1.29, 1.82) is 0 Å². The molecule has 2 saturated heterocycles. The van der Waals surface area contributed by atoms with E-state index in [1.807, 2.05) is 30.0 Å². The molecule has 132 valence electrons. The molecule has 0 N–H and O–H groups in total. The van der Waals surface area contributed by atoms with Gasteiger partial charge in [0.05, 0.1) is 12.3 Å². The molecule has 0 bridgehead atoms. The normalized spacial score (nSPS) is 27.3. The summed E-state index contributed by atoms with van der Waals surface area (Å²) in [6, 6.07) is 7.99. The van der Waals surface area contributed by atoms with Gasteiger partial charge in [0, 0.05) is 39.6 Å². The van der Waals surface area contributed by atoms with Gasteiger partial charge in [-0.1, -0.05) is 24.3 Å². The molecule has 24 heavy (non-hydrogen) atoms. The standard InChI is InChI=1S/C17H25N3O3S/c1-12-7-5-6-8-14(12)16-15-11-19(24(4,22)23)9-13(15)10-20(16)17(21)18(2)3/h5-8,13,15-16H,9-11H2,1-4H3/t13-,15-,16+/m1/s1. The molecule has 2 amide bonds. The van der Waals surface area contributed by atoms with Gasteiger partial charge < -0.3 is 9.80 Å². The molecule has 0 spiro atoms. The molecule has 2 fully saturated rings. The van der Waals surface area contributed by atoms with Gasteiger partial charge in [-0.15, -0.1) is 0 Å². The van der Waals surface area contributed by atoms with Crippen LogP contribution in [0.25, 0.3) is 0 Å². The van der Waals surface area contributed by atoms with E-state index >= 15 is 0 Å². The van der Waals surface area contributed by atoms with Gasteiger partial charge in [-0.3, -0.25) is 0 Å². The Morgan fingerprint density at radius 1 is 1.17 bits per heavy atom. The van der Waals surface area contributed by atoms with Crippen LogP contribution in [0.1, 0.15) is 17.2 Å². The Labute approximate surface area is 144 Å². The fraction of sp³-hybridized carbons (Fsp3) is 0.588. The van der Waals surface area contributed by atoms with Gasteiger partial charge >= 0.3 is 6.03 Å². The Kier molecular flexibility index (Phi) is 4.34. The van der Waals surface area contributed by atoms with E-state index in [0.717, 1.165) is 11.1 Å². The van der Waals surface area contributed by atoms with Crippen LogP contribution in [0, 0.1) is 18.8 Å². The predicted octanol–water partition coefficient (Wildman–Crippen LogP) is 1.54. The predicted molar refractivity (Wildman–Crippen MR) is 93.1 cm³/mol. The Balaban J connectivity index is 1.99. The van der Waals surface area contributed by atoms with Gasteiger partial charge in [-0.05, 0) is 24.0 Å². The fourth-order valence-electron chi connectivity index (χ4n) is 4.05. The lowest BCUT2D eigenvalue weighted by atomic mass is 9.88. The van der Waals surface area contributed by atoms with Crippen molar-refractivity contribution in [2.24, 2.45) is 11.8 Å². The lowest BCUT2D eigenvalue weighted by Gasteiger charge is -2.32. The first kappa shape index (κ1) is 17.2. The number of aryl methyl sites for hydroxylation is 1. The van der Waals surface area contributed by atoms with Crippen LogP contribution in [-0.4, -0.2) is 68.5 Å². The molecule has 2 aliphatic rings. The van der Waals surface area contributed by atoms with Crippen molar-refractivity contribution in [3.8, 4) is 0 Å². The van der Waals surface area contributed by atoms with Crippen LogP contribution in [0.2, 0.25) is 0 Å². The minimum Gasteiger partial charge on any atom is -0.331 e. The average molecular weight is 351 g/mol. The number of hydrogen-bond donors (Lipinski definition) is 0. The molecule has 0 aromatic heterocycles. The van der Waals surface area contributed by atoms with Crippen molar-refractivity contribution in [3.63, 3.8) is 0 Å². The summed E-state index contributed by atoms with van der Waals surface area (Å²) in [7, 11) is 0.321. The molecule has 0 unspecified atom stereocenters. The zero-order chi connectivity index (χ0) is 17.6. The molecule has 0 aliphatic carbocycles. The van der Waals surface area contributed by atoms with Crippen LogP contribution >= 0.6 is 0 Å². The number of benzene rings is 1. The van der Waals surface area contributed by atoms with E-state index < -0.39 is 10.0 Å². The van der Waals surface area contributed by atoms with Crippen LogP contribution in [-0.2, 0) is 10.0 Å². The van der Waals surface area contributed by atoms with E-state index in [9.17, 15) is 13.2 Å². The summed E-state index contributed by atoms with van der Waals surface area (Å²) in [6.45, 7) is 3.64. The first-order chi connectivity index (χ1) is 11.2. The monoisotopic (exact) mass is 351 g/mol. The quantitative estimate of drug-likeness (QED) is 0.812. The maximum atomic E-state index is 12.7. The van der Waals surface area contributed by atoms with Crippen molar-refractivity contribution in [1.82, 2.24) is 14.1 Å². The molecule has 0 saturated carbocycles. The summed E-state index contributed by atoms with van der Waals surface area (Å²) in [5, 5.41) is 0.